The van der Waals surface area contributed by atoms with Crippen LogP contribution >= 0.6 is 15.9 Å². The van der Waals surface area contributed by atoms with Gasteiger partial charge in [-0.15, -0.1) is 0 Å². The SMILES string of the molecule is Cc1c(NC(=O)CBr)ccc(C(=O)c2ccccc2)c1F. The third-order valence-corrected chi connectivity index (χ3v) is 3.57. The minimum Gasteiger partial charge on any atom is -0.325 e. The first kappa shape index (κ1) is 15.4. The van der Waals surface area contributed by atoms with E-state index in [0.717, 1.165) is 0 Å². The summed E-state index contributed by atoms with van der Waals surface area (Å²) in [4.78, 5) is 23.6. The van der Waals surface area contributed by atoms with Crippen LogP contribution in [0.25, 0.3) is 0 Å². The molecule has 0 saturated carbocycles. The van der Waals surface area contributed by atoms with Gasteiger partial charge in [-0.3, -0.25) is 9.59 Å². The van der Waals surface area contributed by atoms with Gasteiger partial charge in [-0.05, 0) is 19.1 Å². The van der Waals surface area contributed by atoms with Crippen LogP contribution in [-0.2, 0) is 4.79 Å². The lowest BCUT2D eigenvalue weighted by molar-refractivity contribution is -0.113. The number of halogens is 2. The third-order valence-electron chi connectivity index (χ3n) is 3.06. The van der Waals surface area contributed by atoms with Crippen molar-refractivity contribution in [2.24, 2.45) is 0 Å². The molecule has 0 saturated heterocycles. The fraction of sp³-hybridized carbons (Fsp3) is 0.125. The summed E-state index contributed by atoms with van der Waals surface area (Å²) in [5, 5.41) is 2.69. The molecule has 1 N–H and O–H groups in total. The van der Waals surface area contributed by atoms with E-state index in [2.05, 4.69) is 21.2 Å². The average molecular weight is 350 g/mol. The van der Waals surface area contributed by atoms with E-state index in [1.54, 1.807) is 30.3 Å². The highest BCUT2D eigenvalue weighted by Crippen LogP contribution is 2.23. The van der Waals surface area contributed by atoms with Gasteiger partial charge >= 0.3 is 0 Å². The average Bonchev–Trinajstić information content (AvgIpc) is 2.52. The Morgan fingerprint density at radius 2 is 1.81 bits per heavy atom. The number of nitrogens with one attached hydrogen (secondary N) is 1. The van der Waals surface area contributed by atoms with Crippen molar-refractivity contribution in [1.82, 2.24) is 0 Å². The van der Waals surface area contributed by atoms with Crippen molar-refractivity contribution in [1.29, 1.82) is 0 Å². The van der Waals surface area contributed by atoms with Crippen LogP contribution in [0.4, 0.5) is 10.1 Å². The Hall–Kier alpha value is -2.01. The lowest BCUT2D eigenvalue weighted by atomic mass is 10.00. The van der Waals surface area contributed by atoms with Crippen LogP contribution in [0.2, 0.25) is 0 Å². The zero-order valence-corrected chi connectivity index (χ0v) is 12.9. The predicted molar refractivity (Wildman–Crippen MR) is 83.4 cm³/mol. The van der Waals surface area contributed by atoms with Gasteiger partial charge in [0.15, 0.2) is 5.78 Å². The van der Waals surface area contributed by atoms with E-state index < -0.39 is 5.82 Å². The summed E-state index contributed by atoms with van der Waals surface area (Å²) >= 11 is 3.02. The maximum absolute atomic E-state index is 14.4. The van der Waals surface area contributed by atoms with E-state index in [0.29, 0.717) is 11.3 Å². The standard InChI is InChI=1S/C16H13BrFNO2/c1-10-13(19-14(20)9-17)8-7-12(15(10)18)16(21)11-5-3-2-4-6-11/h2-8H,9H2,1H3,(H,19,20). The fourth-order valence-electron chi connectivity index (χ4n) is 1.92. The molecular weight excluding hydrogens is 337 g/mol. The molecule has 2 aromatic rings. The first-order chi connectivity index (χ1) is 10.0. The monoisotopic (exact) mass is 349 g/mol. The second-order valence-corrected chi connectivity index (χ2v) is 5.04. The number of alkyl halides is 1. The van der Waals surface area contributed by atoms with Crippen molar-refractivity contribution in [2.75, 3.05) is 10.6 Å². The van der Waals surface area contributed by atoms with Crippen LogP contribution in [-0.4, -0.2) is 17.0 Å². The molecule has 0 aliphatic carbocycles. The van der Waals surface area contributed by atoms with E-state index in [9.17, 15) is 14.0 Å². The molecule has 0 aliphatic heterocycles. The summed E-state index contributed by atoms with van der Waals surface area (Å²) in [7, 11) is 0. The smallest absolute Gasteiger partial charge is 0.235 e. The predicted octanol–water partition coefficient (Wildman–Crippen LogP) is 3.70. The van der Waals surface area contributed by atoms with Crippen molar-refractivity contribution < 1.29 is 14.0 Å². The Kier molecular flexibility index (Phi) is 4.85. The van der Waals surface area contributed by atoms with E-state index in [-0.39, 0.29) is 28.1 Å². The number of carbonyl (C=O) groups is 2. The molecule has 108 valence electrons. The van der Waals surface area contributed by atoms with Gasteiger partial charge in [-0.25, -0.2) is 4.39 Å². The maximum atomic E-state index is 14.4. The van der Waals surface area contributed by atoms with Gasteiger partial charge in [-0.2, -0.15) is 0 Å². The minimum atomic E-state index is -0.615. The number of amides is 1. The van der Waals surface area contributed by atoms with Gasteiger partial charge in [0.05, 0.1) is 10.9 Å². The normalized spacial score (nSPS) is 10.2. The highest BCUT2D eigenvalue weighted by molar-refractivity contribution is 9.09. The van der Waals surface area contributed by atoms with Crippen LogP contribution in [0, 0.1) is 12.7 Å². The summed E-state index contributed by atoms with van der Waals surface area (Å²) in [6, 6.07) is 11.4. The molecule has 0 bridgehead atoms. The van der Waals surface area contributed by atoms with Gasteiger partial charge in [0, 0.05) is 16.8 Å². The number of hydrogen-bond acceptors (Lipinski definition) is 2. The first-order valence-corrected chi connectivity index (χ1v) is 7.41. The minimum absolute atomic E-state index is 0.00413. The Labute approximate surface area is 130 Å². The molecular formula is C16H13BrFNO2. The lowest BCUT2D eigenvalue weighted by Gasteiger charge is -2.11. The van der Waals surface area contributed by atoms with Crippen molar-refractivity contribution in [3.05, 3.63) is 65.0 Å². The number of hydrogen-bond donors (Lipinski definition) is 1. The summed E-state index contributed by atoms with van der Waals surface area (Å²) in [6.45, 7) is 1.53. The highest BCUT2D eigenvalue weighted by atomic mass is 79.9. The van der Waals surface area contributed by atoms with Gasteiger partial charge in [0.25, 0.3) is 0 Å². The molecule has 0 unspecified atom stereocenters. The van der Waals surface area contributed by atoms with Crippen molar-refractivity contribution in [2.45, 2.75) is 6.92 Å². The molecule has 1 amide bonds. The van der Waals surface area contributed by atoms with Crippen molar-refractivity contribution >= 4 is 33.3 Å². The number of anilines is 1. The summed E-state index contributed by atoms with van der Waals surface area (Å²) in [6.07, 6.45) is 0. The van der Waals surface area contributed by atoms with Gasteiger partial charge in [-0.1, -0.05) is 46.3 Å². The topological polar surface area (TPSA) is 46.2 Å². The lowest BCUT2D eigenvalue weighted by Crippen LogP contribution is -2.15. The van der Waals surface area contributed by atoms with Crippen LogP contribution in [0.5, 0.6) is 0 Å². The van der Waals surface area contributed by atoms with Gasteiger partial charge in [0.2, 0.25) is 5.91 Å². The van der Waals surface area contributed by atoms with Crippen LogP contribution in [0.3, 0.4) is 0 Å². The van der Waals surface area contributed by atoms with E-state index in [1.165, 1.54) is 19.1 Å². The molecule has 0 aliphatic rings. The highest BCUT2D eigenvalue weighted by Gasteiger charge is 2.18. The number of carbonyl (C=O) groups excluding carboxylic acids is 2. The maximum Gasteiger partial charge on any atom is 0.235 e. The third kappa shape index (κ3) is 3.36. The Bertz CT molecular complexity index is 686. The zero-order valence-electron chi connectivity index (χ0n) is 11.3. The first-order valence-electron chi connectivity index (χ1n) is 6.29. The molecule has 0 radical (unpaired) electrons. The summed E-state index contributed by atoms with van der Waals surface area (Å²) in [5.41, 5.74) is 1.02. The zero-order chi connectivity index (χ0) is 15.4. The quantitative estimate of drug-likeness (QED) is 0.675. The molecule has 2 aromatic carbocycles. The largest absolute Gasteiger partial charge is 0.325 e. The van der Waals surface area contributed by atoms with Gasteiger partial charge < -0.3 is 5.32 Å². The van der Waals surface area contributed by atoms with Crippen molar-refractivity contribution in [3.63, 3.8) is 0 Å². The molecule has 0 fully saturated rings. The molecule has 5 heteroatoms. The second-order valence-electron chi connectivity index (χ2n) is 4.48. The fourth-order valence-corrected chi connectivity index (χ4v) is 2.06. The number of ketones is 1. The molecule has 3 nitrogen and oxygen atoms in total. The van der Waals surface area contributed by atoms with Crippen LogP contribution in [0.1, 0.15) is 21.5 Å². The second kappa shape index (κ2) is 6.63. The Morgan fingerprint density at radius 1 is 1.14 bits per heavy atom. The summed E-state index contributed by atoms with van der Waals surface area (Å²) in [5.74, 6) is -1.27. The molecule has 0 aromatic heterocycles. The number of benzene rings is 2. The van der Waals surface area contributed by atoms with Crippen LogP contribution in [0.15, 0.2) is 42.5 Å². The molecule has 0 heterocycles. The van der Waals surface area contributed by atoms with Crippen LogP contribution < -0.4 is 5.32 Å². The van der Waals surface area contributed by atoms with E-state index >= 15 is 0 Å². The molecule has 0 spiro atoms. The van der Waals surface area contributed by atoms with E-state index in [4.69, 9.17) is 0 Å². The van der Waals surface area contributed by atoms with Crippen molar-refractivity contribution in [3.8, 4) is 0 Å². The molecule has 21 heavy (non-hydrogen) atoms. The summed E-state index contributed by atoms with van der Waals surface area (Å²) < 4.78 is 14.4. The van der Waals surface area contributed by atoms with E-state index in [1.807, 2.05) is 0 Å². The molecule has 2 rings (SSSR count). The van der Waals surface area contributed by atoms with Gasteiger partial charge in [0.1, 0.15) is 5.82 Å². The Morgan fingerprint density at radius 3 is 2.43 bits per heavy atom. The Balaban J connectivity index is 2.37. The molecule has 0 atom stereocenters. The number of rotatable bonds is 4.